The van der Waals surface area contributed by atoms with Gasteiger partial charge in [0.25, 0.3) is 5.91 Å². The third kappa shape index (κ3) is 4.51. The lowest BCUT2D eigenvalue weighted by molar-refractivity contribution is -0.138. The Morgan fingerprint density at radius 1 is 1.13 bits per heavy atom. The Kier molecular flexibility index (Phi) is 5.70. The van der Waals surface area contributed by atoms with E-state index in [0.717, 1.165) is 10.7 Å². The van der Waals surface area contributed by atoms with E-state index in [4.69, 9.17) is 0 Å². The van der Waals surface area contributed by atoms with Gasteiger partial charge in [-0.1, -0.05) is 0 Å². The van der Waals surface area contributed by atoms with Gasteiger partial charge in [-0.15, -0.1) is 11.3 Å². The minimum Gasteiger partial charge on any atom is -0.351 e. The molecule has 1 N–H and O–H groups in total. The Bertz CT molecular complexity index is 606. The molecule has 1 fully saturated rings. The van der Waals surface area contributed by atoms with Crippen molar-refractivity contribution in [1.82, 2.24) is 20.1 Å². The van der Waals surface area contributed by atoms with Crippen LogP contribution in [-0.4, -0.2) is 65.2 Å². The number of carbonyl (C=O) groups is 3. The quantitative estimate of drug-likeness (QED) is 0.870. The third-order valence-corrected chi connectivity index (χ3v) is 4.88. The van der Waals surface area contributed by atoms with E-state index in [1.165, 1.54) is 18.3 Å². The van der Waals surface area contributed by atoms with Crippen LogP contribution in [0.1, 0.15) is 33.7 Å². The first-order valence-corrected chi connectivity index (χ1v) is 8.45. The Hall–Kier alpha value is -1.96. The van der Waals surface area contributed by atoms with Gasteiger partial charge in [-0.05, 0) is 13.8 Å². The van der Waals surface area contributed by atoms with E-state index < -0.39 is 0 Å². The van der Waals surface area contributed by atoms with Crippen LogP contribution >= 0.6 is 11.3 Å². The number of carbonyl (C=O) groups excluding carboxylic acids is 3. The highest BCUT2D eigenvalue weighted by molar-refractivity contribution is 7.13. The molecule has 7 nitrogen and oxygen atoms in total. The van der Waals surface area contributed by atoms with Gasteiger partial charge in [0.2, 0.25) is 11.8 Å². The molecule has 1 saturated heterocycles. The van der Waals surface area contributed by atoms with Crippen LogP contribution in [-0.2, 0) is 9.59 Å². The first kappa shape index (κ1) is 17.4. The molecule has 0 spiro atoms. The Morgan fingerprint density at radius 3 is 2.26 bits per heavy atom. The highest BCUT2D eigenvalue weighted by Crippen LogP contribution is 2.16. The van der Waals surface area contributed by atoms with Crippen LogP contribution in [0, 0.1) is 13.8 Å². The van der Waals surface area contributed by atoms with E-state index in [0.29, 0.717) is 37.6 Å². The molecule has 2 rings (SSSR count). The van der Waals surface area contributed by atoms with Gasteiger partial charge in [-0.25, -0.2) is 4.98 Å². The fraction of sp³-hybridized carbons (Fsp3) is 0.600. The molecule has 0 atom stereocenters. The molecular formula is C15H22N4O3S. The Balaban J connectivity index is 1.74. The van der Waals surface area contributed by atoms with Gasteiger partial charge in [0.15, 0.2) is 0 Å². The number of aromatic nitrogens is 1. The Labute approximate surface area is 139 Å². The minimum atomic E-state index is -0.178. The summed E-state index contributed by atoms with van der Waals surface area (Å²) >= 11 is 1.36. The number of nitrogens with zero attached hydrogens (tertiary/aromatic N) is 3. The van der Waals surface area contributed by atoms with Crippen molar-refractivity contribution in [2.75, 3.05) is 32.7 Å². The van der Waals surface area contributed by atoms with Gasteiger partial charge in [0.05, 0.1) is 10.7 Å². The van der Waals surface area contributed by atoms with E-state index in [9.17, 15) is 14.4 Å². The standard InChI is InChI=1S/C15H22N4O3S/c1-10-14(23-11(2)17-10)15(22)16-5-4-13(21)19-8-6-18(7-9-19)12(3)20/h4-9H2,1-3H3,(H,16,22). The molecule has 0 aromatic carbocycles. The summed E-state index contributed by atoms with van der Waals surface area (Å²) in [5.74, 6) is -0.132. The molecule has 2 heterocycles. The number of rotatable bonds is 4. The Morgan fingerprint density at radius 2 is 1.74 bits per heavy atom. The molecule has 0 bridgehead atoms. The summed E-state index contributed by atoms with van der Waals surface area (Å²) in [4.78, 5) is 43.7. The maximum absolute atomic E-state index is 12.1. The predicted octanol–water partition coefficient (Wildman–Crippen LogP) is 0.571. The van der Waals surface area contributed by atoms with E-state index in [2.05, 4.69) is 10.3 Å². The summed E-state index contributed by atoms with van der Waals surface area (Å²) in [6.45, 7) is 7.77. The van der Waals surface area contributed by atoms with Crippen LogP contribution in [0.2, 0.25) is 0 Å². The monoisotopic (exact) mass is 338 g/mol. The molecule has 1 aromatic rings. The maximum Gasteiger partial charge on any atom is 0.263 e. The number of aryl methyl sites for hydroxylation is 2. The van der Waals surface area contributed by atoms with Crippen LogP contribution in [0.25, 0.3) is 0 Å². The number of hydrogen-bond donors (Lipinski definition) is 1. The molecule has 8 heteroatoms. The maximum atomic E-state index is 12.1. The number of nitrogens with one attached hydrogen (secondary N) is 1. The summed E-state index contributed by atoms with van der Waals surface area (Å²) in [5.41, 5.74) is 0.719. The average molecular weight is 338 g/mol. The van der Waals surface area contributed by atoms with E-state index in [-0.39, 0.29) is 24.1 Å². The van der Waals surface area contributed by atoms with Crippen LogP contribution < -0.4 is 5.32 Å². The van der Waals surface area contributed by atoms with E-state index in [1.54, 1.807) is 16.7 Å². The van der Waals surface area contributed by atoms with Gasteiger partial charge in [0.1, 0.15) is 4.88 Å². The van der Waals surface area contributed by atoms with Gasteiger partial charge < -0.3 is 15.1 Å². The van der Waals surface area contributed by atoms with Crippen molar-refractivity contribution in [3.63, 3.8) is 0 Å². The van der Waals surface area contributed by atoms with E-state index >= 15 is 0 Å². The molecule has 1 aliphatic heterocycles. The van der Waals surface area contributed by atoms with Gasteiger partial charge in [-0.2, -0.15) is 0 Å². The predicted molar refractivity (Wildman–Crippen MR) is 87.4 cm³/mol. The number of piperazine rings is 1. The largest absolute Gasteiger partial charge is 0.351 e. The van der Waals surface area contributed by atoms with Crippen molar-refractivity contribution in [2.24, 2.45) is 0 Å². The summed E-state index contributed by atoms with van der Waals surface area (Å²) in [5, 5.41) is 3.62. The zero-order valence-electron chi connectivity index (χ0n) is 13.7. The minimum absolute atomic E-state index is 0.00529. The lowest BCUT2D eigenvalue weighted by atomic mass is 10.2. The zero-order chi connectivity index (χ0) is 17.0. The third-order valence-electron chi connectivity index (χ3n) is 3.81. The van der Waals surface area contributed by atoms with Crippen molar-refractivity contribution in [1.29, 1.82) is 0 Å². The summed E-state index contributed by atoms with van der Waals surface area (Å²) < 4.78 is 0. The molecule has 0 radical (unpaired) electrons. The molecule has 0 saturated carbocycles. The zero-order valence-corrected chi connectivity index (χ0v) is 14.5. The van der Waals surface area contributed by atoms with Gasteiger partial charge >= 0.3 is 0 Å². The topological polar surface area (TPSA) is 82.6 Å². The second kappa shape index (κ2) is 7.54. The van der Waals surface area contributed by atoms with Crippen molar-refractivity contribution < 1.29 is 14.4 Å². The normalized spacial score (nSPS) is 14.7. The fourth-order valence-electron chi connectivity index (χ4n) is 2.53. The number of thiazole rings is 1. The molecule has 3 amide bonds. The molecule has 1 aromatic heterocycles. The van der Waals surface area contributed by atoms with Crippen LogP contribution in [0.4, 0.5) is 0 Å². The highest BCUT2D eigenvalue weighted by atomic mass is 32.1. The average Bonchev–Trinajstić information content (AvgIpc) is 2.85. The second-order valence-electron chi connectivity index (χ2n) is 5.54. The highest BCUT2D eigenvalue weighted by Gasteiger charge is 2.22. The lowest BCUT2D eigenvalue weighted by Crippen LogP contribution is -2.50. The first-order chi connectivity index (χ1) is 10.9. The molecular weight excluding hydrogens is 316 g/mol. The smallest absolute Gasteiger partial charge is 0.263 e. The number of amides is 3. The lowest BCUT2D eigenvalue weighted by Gasteiger charge is -2.34. The number of hydrogen-bond acceptors (Lipinski definition) is 5. The van der Waals surface area contributed by atoms with Crippen LogP contribution in [0.5, 0.6) is 0 Å². The van der Waals surface area contributed by atoms with Crippen molar-refractivity contribution in [3.05, 3.63) is 15.6 Å². The fourth-order valence-corrected chi connectivity index (χ4v) is 3.37. The molecule has 0 unspecified atom stereocenters. The second-order valence-corrected chi connectivity index (χ2v) is 6.74. The van der Waals surface area contributed by atoms with Crippen LogP contribution in [0.15, 0.2) is 0 Å². The summed E-state index contributed by atoms with van der Waals surface area (Å²) in [6, 6.07) is 0. The van der Waals surface area contributed by atoms with E-state index in [1.807, 2.05) is 6.92 Å². The molecule has 126 valence electrons. The molecule has 1 aliphatic rings. The van der Waals surface area contributed by atoms with Crippen molar-refractivity contribution in [3.8, 4) is 0 Å². The van der Waals surface area contributed by atoms with Crippen molar-refractivity contribution >= 4 is 29.1 Å². The first-order valence-electron chi connectivity index (χ1n) is 7.64. The van der Waals surface area contributed by atoms with Gasteiger partial charge in [-0.3, -0.25) is 14.4 Å². The SMILES string of the molecule is CC(=O)N1CCN(C(=O)CCNC(=O)c2sc(C)nc2C)CC1. The molecule has 0 aliphatic carbocycles. The van der Waals surface area contributed by atoms with Gasteiger partial charge in [0, 0.05) is 46.1 Å². The summed E-state index contributed by atoms with van der Waals surface area (Å²) in [7, 11) is 0. The molecule has 23 heavy (non-hydrogen) atoms. The summed E-state index contributed by atoms with van der Waals surface area (Å²) in [6.07, 6.45) is 0.267. The van der Waals surface area contributed by atoms with Crippen molar-refractivity contribution in [2.45, 2.75) is 27.2 Å². The van der Waals surface area contributed by atoms with Crippen LogP contribution in [0.3, 0.4) is 0 Å².